The van der Waals surface area contributed by atoms with Gasteiger partial charge in [0.1, 0.15) is 10.8 Å². The van der Waals surface area contributed by atoms with Crippen LogP contribution >= 0.6 is 23.1 Å². The fourth-order valence-corrected chi connectivity index (χ4v) is 4.66. The predicted molar refractivity (Wildman–Crippen MR) is 104 cm³/mol. The maximum absolute atomic E-state index is 4.81. The van der Waals surface area contributed by atoms with Crippen LogP contribution in [0.1, 0.15) is 35.8 Å². The SMILES string of the molecule is C=CCn1c(SCc2csc(-c3ccccc3C)n2)nnc1C1CC1. The quantitative estimate of drug-likeness (QED) is 0.431. The minimum absolute atomic E-state index is 0.591. The molecule has 0 amide bonds. The zero-order valence-electron chi connectivity index (χ0n) is 14.2. The van der Waals surface area contributed by atoms with Gasteiger partial charge in [0, 0.05) is 29.2 Å². The molecule has 0 aliphatic heterocycles. The van der Waals surface area contributed by atoms with Crippen molar-refractivity contribution in [1.82, 2.24) is 19.7 Å². The summed E-state index contributed by atoms with van der Waals surface area (Å²) >= 11 is 3.41. The van der Waals surface area contributed by atoms with E-state index in [2.05, 4.69) is 57.9 Å². The van der Waals surface area contributed by atoms with Crippen LogP contribution in [0.5, 0.6) is 0 Å². The summed E-state index contributed by atoms with van der Waals surface area (Å²) in [4.78, 5) is 4.81. The Kier molecular flexibility index (Phi) is 4.72. The molecule has 0 saturated heterocycles. The van der Waals surface area contributed by atoms with Gasteiger partial charge in [0.15, 0.2) is 5.16 Å². The second kappa shape index (κ2) is 7.14. The molecule has 1 fully saturated rings. The highest BCUT2D eigenvalue weighted by atomic mass is 32.2. The number of rotatable bonds is 7. The van der Waals surface area contributed by atoms with Gasteiger partial charge in [0.25, 0.3) is 0 Å². The third-order valence-corrected chi connectivity index (χ3v) is 6.20. The van der Waals surface area contributed by atoms with E-state index in [-0.39, 0.29) is 0 Å². The molecule has 2 aromatic heterocycles. The molecular formula is C19H20N4S2. The lowest BCUT2D eigenvalue weighted by molar-refractivity contribution is 0.681. The minimum Gasteiger partial charge on any atom is -0.302 e. The van der Waals surface area contributed by atoms with E-state index in [9.17, 15) is 0 Å². The molecule has 25 heavy (non-hydrogen) atoms. The van der Waals surface area contributed by atoms with Crippen LogP contribution in [0.3, 0.4) is 0 Å². The summed E-state index contributed by atoms with van der Waals surface area (Å²) in [5, 5.41) is 13.0. The number of nitrogens with zero attached hydrogens (tertiary/aromatic N) is 4. The van der Waals surface area contributed by atoms with Crippen molar-refractivity contribution in [2.24, 2.45) is 0 Å². The molecule has 0 bridgehead atoms. The number of hydrogen-bond acceptors (Lipinski definition) is 5. The number of aryl methyl sites for hydroxylation is 1. The average molecular weight is 369 g/mol. The molecule has 0 spiro atoms. The Bertz CT molecular complexity index is 892. The van der Waals surface area contributed by atoms with Gasteiger partial charge in [-0.2, -0.15) is 0 Å². The first kappa shape index (κ1) is 16.5. The molecule has 1 aliphatic rings. The Hall–Kier alpha value is -1.92. The van der Waals surface area contributed by atoms with Crippen molar-refractivity contribution >= 4 is 23.1 Å². The van der Waals surface area contributed by atoms with E-state index in [4.69, 9.17) is 4.98 Å². The highest BCUT2D eigenvalue weighted by Gasteiger charge is 2.30. The summed E-state index contributed by atoms with van der Waals surface area (Å²) < 4.78 is 2.20. The van der Waals surface area contributed by atoms with Gasteiger partial charge in [0.05, 0.1) is 5.69 Å². The van der Waals surface area contributed by atoms with E-state index in [0.29, 0.717) is 5.92 Å². The van der Waals surface area contributed by atoms with Crippen LogP contribution in [0.25, 0.3) is 10.6 Å². The van der Waals surface area contributed by atoms with Crippen LogP contribution in [0, 0.1) is 6.92 Å². The maximum Gasteiger partial charge on any atom is 0.191 e. The molecule has 4 nitrogen and oxygen atoms in total. The van der Waals surface area contributed by atoms with Gasteiger partial charge in [-0.1, -0.05) is 42.1 Å². The van der Waals surface area contributed by atoms with Crippen molar-refractivity contribution in [2.45, 2.75) is 43.1 Å². The summed E-state index contributed by atoms with van der Waals surface area (Å²) in [7, 11) is 0. The fourth-order valence-electron chi connectivity index (χ4n) is 2.80. The molecule has 4 rings (SSSR count). The standard InChI is InChI=1S/C19H20N4S2/c1-3-10-23-17(14-8-9-14)21-22-19(23)25-12-15-11-24-18(20-15)16-7-5-4-6-13(16)2/h3-7,11,14H,1,8-10,12H2,2H3. The number of thiazole rings is 1. The van der Waals surface area contributed by atoms with Crippen LogP contribution in [0.4, 0.5) is 0 Å². The Morgan fingerprint density at radius 1 is 1.32 bits per heavy atom. The van der Waals surface area contributed by atoms with E-state index < -0.39 is 0 Å². The number of thioether (sulfide) groups is 1. The van der Waals surface area contributed by atoms with Gasteiger partial charge in [-0.3, -0.25) is 0 Å². The van der Waals surface area contributed by atoms with E-state index in [1.165, 1.54) is 24.0 Å². The van der Waals surface area contributed by atoms with Crippen molar-refractivity contribution < 1.29 is 0 Å². The van der Waals surface area contributed by atoms with Gasteiger partial charge in [0.2, 0.25) is 0 Å². The first-order valence-electron chi connectivity index (χ1n) is 8.43. The summed E-state index contributed by atoms with van der Waals surface area (Å²) in [6.45, 7) is 6.76. The Morgan fingerprint density at radius 3 is 2.92 bits per heavy atom. The van der Waals surface area contributed by atoms with Crippen molar-refractivity contribution in [1.29, 1.82) is 0 Å². The summed E-state index contributed by atoms with van der Waals surface area (Å²) in [6.07, 6.45) is 4.37. The lowest BCUT2D eigenvalue weighted by Gasteiger charge is -2.06. The van der Waals surface area contributed by atoms with Crippen molar-refractivity contribution in [3.05, 3.63) is 59.4 Å². The predicted octanol–water partition coefficient (Wildman–Crippen LogP) is 5.07. The van der Waals surface area contributed by atoms with Gasteiger partial charge >= 0.3 is 0 Å². The van der Waals surface area contributed by atoms with Gasteiger partial charge in [-0.15, -0.1) is 28.1 Å². The Balaban J connectivity index is 1.49. The number of aromatic nitrogens is 4. The van der Waals surface area contributed by atoms with Gasteiger partial charge in [-0.25, -0.2) is 4.98 Å². The molecule has 0 unspecified atom stereocenters. The lowest BCUT2D eigenvalue weighted by Crippen LogP contribution is -2.02. The van der Waals surface area contributed by atoms with Crippen molar-refractivity contribution in [3.8, 4) is 10.6 Å². The Labute approximate surface area is 156 Å². The van der Waals surface area contributed by atoms with Crippen LogP contribution < -0.4 is 0 Å². The smallest absolute Gasteiger partial charge is 0.191 e. The van der Waals surface area contributed by atoms with Crippen LogP contribution in [0.2, 0.25) is 0 Å². The van der Waals surface area contributed by atoms with Crippen LogP contribution in [-0.2, 0) is 12.3 Å². The third kappa shape index (κ3) is 3.55. The second-order valence-electron chi connectivity index (χ2n) is 6.26. The third-order valence-electron chi connectivity index (χ3n) is 4.28. The molecule has 128 valence electrons. The normalized spacial score (nSPS) is 14.0. The first-order valence-corrected chi connectivity index (χ1v) is 10.3. The topological polar surface area (TPSA) is 43.6 Å². The molecule has 0 radical (unpaired) electrons. The molecule has 1 aliphatic carbocycles. The van der Waals surface area contributed by atoms with Crippen molar-refractivity contribution in [3.63, 3.8) is 0 Å². The van der Waals surface area contributed by atoms with E-state index in [1.807, 2.05) is 6.08 Å². The lowest BCUT2D eigenvalue weighted by atomic mass is 10.1. The van der Waals surface area contributed by atoms with E-state index in [1.54, 1.807) is 23.1 Å². The summed E-state index contributed by atoms with van der Waals surface area (Å²) in [5.74, 6) is 2.51. The Morgan fingerprint density at radius 2 is 2.16 bits per heavy atom. The molecule has 1 aromatic carbocycles. The maximum atomic E-state index is 4.81. The fraction of sp³-hybridized carbons (Fsp3) is 0.316. The first-order chi connectivity index (χ1) is 12.3. The highest BCUT2D eigenvalue weighted by Crippen LogP contribution is 2.40. The van der Waals surface area contributed by atoms with E-state index in [0.717, 1.165) is 34.0 Å². The zero-order valence-corrected chi connectivity index (χ0v) is 15.8. The summed E-state index contributed by atoms with van der Waals surface area (Å²) in [5.41, 5.74) is 3.57. The molecule has 0 N–H and O–H groups in total. The van der Waals surface area contributed by atoms with Crippen LogP contribution in [-0.4, -0.2) is 19.7 Å². The van der Waals surface area contributed by atoms with E-state index >= 15 is 0 Å². The minimum atomic E-state index is 0.591. The van der Waals surface area contributed by atoms with Gasteiger partial charge < -0.3 is 4.57 Å². The van der Waals surface area contributed by atoms with Crippen LogP contribution in [0.15, 0.2) is 47.5 Å². The molecule has 2 heterocycles. The zero-order chi connectivity index (χ0) is 17.2. The van der Waals surface area contributed by atoms with Crippen molar-refractivity contribution in [2.75, 3.05) is 0 Å². The largest absolute Gasteiger partial charge is 0.302 e. The second-order valence-corrected chi connectivity index (χ2v) is 8.06. The number of benzene rings is 1. The molecule has 0 atom stereocenters. The number of hydrogen-bond donors (Lipinski definition) is 0. The average Bonchev–Trinajstić information content (AvgIpc) is 3.22. The molecule has 6 heteroatoms. The number of allylic oxidation sites excluding steroid dienone is 1. The highest BCUT2D eigenvalue weighted by molar-refractivity contribution is 7.98. The summed E-state index contributed by atoms with van der Waals surface area (Å²) in [6, 6.07) is 8.39. The molecular weight excluding hydrogens is 348 g/mol. The molecule has 1 saturated carbocycles. The van der Waals surface area contributed by atoms with Gasteiger partial charge in [-0.05, 0) is 25.3 Å². The monoisotopic (exact) mass is 368 g/mol. The molecule has 3 aromatic rings.